The van der Waals surface area contributed by atoms with Gasteiger partial charge in [0.15, 0.2) is 0 Å². The van der Waals surface area contributed by atoms with Gasteiger partial charge in [0.25, 0.3) is 5.91 Å². The first kappa shape index (κ1) is 14.3. The molecule has 2 N–H and O–H groups in total. The van der Waals surface area contributed by atoms with Crippen molar-refractivity contribution in [3.63, 3.8) is 0 Å². The second-order valence-electron chi connectivity index (χ2n) is 4.28. The number of hydrogen-bond donors (Lipinski definition) is 1. The van der Waals surface area contributed by atoms with Crippen molar-refractivity contribution in [3.05, 3.63) is 40.1 Å². The smallest absolute Gasteiger partial charge is 0.265 e. The molecule has 20 heavy (non-hydrogen) atoms. The Morgan fingerprint density at radius 3 is 3.05 bits per heavy atom. The summed E-state index contributed by atoms with van der Waals surface area (Å²) in [6.45, 7) is 0.747. The minimum absolute atomic E-state index is 0.0516. The number of carbonyl (C=O) groups excluding carboxylic acids is 1. The molecule has 0 fully saturated rings. The molecule has 0 bridgehead atoms. The van der Waals surface area contributed by atoms with Gasteiger partial charge in [0.1, 0.15) is 10.7 Å². The third-order valence-electron chi connectivity index (χ3n) is 2.83. The second-order valence-corrected chi connectivity index (χ2v) is 5.20. The summed E-state index contributed by atoms with van der Waals surface area (Å²) in [5, 5.41) is 1.86. The average molecular weight is 288 g/mol. The van der Waals surface area contributed by atoms with Crippen LogP contribution < -0.4 is 5.73 Å². The van der Waals surface area contributed by atoms with Crippen molar-refractivity contribution in [3.8, 4) is 11.8 Å². The maximum atomic E-state index is 12.4. The molecule has 0 radical (unpaired) electrons. The average Bonchev–Trinajstić information content (AvgIpc) is 3.05. The van der Waals surface area contributed by atoms with Crippen LogP contribution >= 0.6 is 11.3 Å². The molecule has 6 heteroatoms. The van der Waals surface area contributed by atoms with E-state index in [1.807, 2.05) is 29.3 Å². The zero-order valence-electron chi connectivity index (χ0n) is 11.5. The highest BCUT2D eigenvalue weighted by Crippen LogP contribution is 2.18. The molecule has 2 rings (SSSR count). The molecule has 0 unspecified atom stereocenters. The SMILES string of the molecule is CN(Cc1nccn1C)C(=O)c1sccc1C#CCN. The lowest BCUT2D eigenvalue weighted by Gasteiger charge is -2.16. The van der Waals surface area contributed by atoms with E-state index in [9.17, 15) is 4.79 Å². The number of aromatic nitrogens is 2. The summed E-state index contributed by atoms with van der Waals surface area (Å²) in [7, 11) is 3.67. The maximum absolute atomic E-state index is 12.4. The molecular weight excluding hydrogens is 272 g/mol. The summed E-state index contributed by atoms with van der Waals surface area (Å²) in [4.78, 5) is 18.9. The summed E-state index contributed by atoms with van der Waals surface area (Å²) >= 11 is 1.39. The van der Waals surface area contributed by atoms with Crippen LogP contribution in [0.3, 0.4) is 0 Å². The number of hydrogen-bond acceptors (Lipinski definition) is 4. The van der Waals surface area contributed by atoms with Crippen LogP contribution in [0.1, 0.15) is 21.1 Å². The van der Waals surface area contributed by atoms with E-state index < -0.39 is 0 Å². The maximum Gasteiger partial charge on any atom is 0.265 e. The van der Waals surface area contributed by atoms with E-state index >= 15 is 0 Å². The third kappa shape index (κ3) is 3.07. The number of carbonyl (C=O) groups is 1. The van der Waals surface area contributed by atoms with E-state index in [1.165, 1.54) is 11.3 Å². The molecule has 0 spiro atoms. The minimum Gasteiger partial charge on any atom is -0.337 e. The minimum atomic E-state index is -0.0516. The number of amides is 1. The van der Waals surface area contributed by atoms with Crippen molar-refractivity contribution in [1.29, 1.82) is 0 Å². The fourth-order valence-electron chi connectivity index (χ4n) is 1.73. The lowest BCUT2D eigenvalue weighted by atomic mass is 10.2. The largest absolute Gasteiger partial charge is 0.337 e. The van der Waals surface area contributed by atoms with Crippen LogP contribution in [-0.4, -0.2) is 34.0 Å². The monoisotopic (exact) mass is 288 g/mol. The summed E-state index contributed by atoms with van der Waals surface area (Å²) in [6.07, 6.45) is 3.58. The summed E-state index contributed by atoms with van der Waals surface area (Å²) in [5.41, 5.74) is 6.09. The van der Waals surface area contributed by atoms with Crippen molar-refractivity contribution < 1.29 is 4.79 Å². The quantitative estimate of drug-likeness (QED) is 0.859. The van der Waals surface area contributed by atoms with Crippen LogP contribution in [0.15, 0.2) is 23.8 Å². The molecule has 0 aliphatic rings. The van der Waals surface area contributed by atoms with Gasteiger partial charge in [-0.15, -0.1) is 11.3 Å². The Bertz CT molecular complexity index is 662. The van der Waals surface area contributed by atoms with E-state index in [4.69, 9.17) is 5.73 Å². The van der Waals surface area contributed by atoms with Crippen molar-refractivity contribution in [2.45, 2.75) is 6.54 Å². The summed E-state index contributed by atoms with van der Waals surface area (Å²) in [6, 6.07) is 1.84. The molecule has 0 aliphatic heterocycles. The van der Waals surface area contributed by atoms with Crippen LogP contribution in [0.25, 0.3) is 0 Å². The Labute approximate surface area is 122 Å². The highest BCUT2D eigenvalue weighted by Gasteiger charge is 2.17. The van der Waals surface area contributed by atoms with Gasteiger partial charge in [0, 0.05) is 32.1 Å². The first-order chi connectivity index (χ1) is 9.63. The normalized spacial score (nSPS) is 9.95. The van der Waals surface area contributed by atoms with E-state index in [0.717, 1.165) is 11.4 Å². The lowest BCUT2D eigenvalue weighted by Crippen LogP contribution is -2.27. The van der Waals surface area contributed by atoms with Crippen molar-refractivity contribution in [2.75, 3.05) is 13.6 Å². The molecule has 104 valence electrons. The van der Waals surface area contributed by atoms with E-state index in [-0.39, 0.29) is 12.5 Å². The van der Waals surface area contributed by atoms with Gasteiger partial charge in [0.05, 0.1) is 13.1 Å². The third-order valence-corrected chi connectivity index (χ3v) is 3.73. The second kappa shape index (κ2) is 6.37. The number of aryl methyl sites for hydroxylation is 1. The van der Waals surface area contributed by atoms with Crippen LogP contribution in [0, 0.1) is 11.8 Å². The Balaban J connectivity index is 2.15. The Morgan fingerprint density at radius 1 is 1.60 bits per heavy atom. The predicted octanol–water partition coefficient (Wildman–Crippen LogP) is 1.06. The Morgan fingerprint density at radius 2 is 2.40 bits per heavy atom. The van der Waals surface area contributed by atoms with Gasteiger partial charge >= 0.3 is 0 Å². The number of thiophene rings is 1. The summed E-state index contributed by atoms with van der Waals surface area (Å²) < 4.78 is 1.90. The highest BCUT2D eigenvalue weighted by molar-refractivity contribution is 7.12. The fraction of sp³-hybridized carbons (Fsp3) is 0.286. The molecule has 0 aliphatic carbocycles. The van der Waals surface area contributed by atoms with Crippen molar-refractivity contribution >= 4 is 17.2 Å². The first-order valence-electron chi connectivity index (χ1n) is 6.11. The van der Waals surface area contributed by atoms with Crippen molar-refractivity contribution in [1.82, 2.24) is 14.5 Å². The van der Waals surface area contributed by atoms with Crippen LogP contribution in [0.2, 0.25) is 0 Å². The standard InChI is InChI=1S/C14H16N4OS/c1-17-8-7-16-12(17)10-18(2)14(19)13-11(4-3-6-15)5-9-20-13/h5,7-9H,6,10,15H2,1-2H3. The molecule has 2 heterocycles. The van der Waals surface area contributed by atoms with Gasteiger partial charge in [-0.1, -0.05) is 11.8 Å². The lowest BCUT2D eigenvalue weighted by molar-refractivity contribution is 0.0785. The first-order valence-corrected chi connectivity index (χ1v) is 6.99. The Kier molecular flexibility index (Phi) is 4.56. The van der Waals surface area contributed by atoms with Crippen LogP contribution in [-0.2, 0) is 13.6 Å². The number of nitrogens with two attached hydrogens (primary N) is 1. The number of nitrogens with zero attached hydrogens (tertiary/aromatic N) is 3. The Hall–Kier alpha value is -2.10. The van der Waals surface area contributed by atoms with Crippen LogP contribution in [0.4, 0.5) is 0 Å². The zero-order valence-corrected chi connectivity index (χ0v) is 12.3. The molecule has 1 amide bonds. The molecular formula is C14H16N4OS. The molecule has 5 nitrogen and oxygen atoms in total. The van der Waals surface area contributed by atoms with Gasteiger partial charge in [-0.05, 0) is 11.4 Å². The summed E-state index contributed by atoms with van der Waals surface area (Å²) in [5.74, 6) is 6.49. The highest BCUT2D eigenvalue weighted by atomic mass is 32.1. The van der Waals surface area contributed by atoms with Gasteiger partial charge in [-0.25, -0.2) is 4.98 Å². The topological polar surface area (TPSA) is 64.2 Å². The molecule has 0 saturated heterocycles. The zero-order chi connectivity index (χ0) is 14.5. The van der Waals surface area contributed by atoms with Gasteiger partial charge < -0.3 is 15.2 Å². The molecule has 0 saturated carbocycles. The fourth-order valence-corrected chi connectivity index (χ4v) is 2.57. The number of imidazole rings is 1. The molecule has 0 aromatic carbocycles. The molecule has 2 aromatic heterocycles. The number of rotatable bonds is 3. The van der Waals surface area contributed by atoms with E-state index in [1.54, 1.807) is 18.1 Å². The molecule has 2 aromatic rings. The van der Waals surface area contributed by atoms with E-state index in [2.05, 4.69) is 16.8 Å². The molecule has 0 atom stereocenters. The van der Waals surface area contributed by atoms with E-state index in [0.29, 0.717) is 11.4 Å². The van der Waals surface area contributed by atoms with Crippen molar-refractivity contribution in [2.24, 2.45) is 12.8 Å². The van der Waals surface area contributed by atoms with Gasteiger partial charge in [-0.2, -0.15) is 0 Å². The van der Waals surface area contributed by atoms with Gasteiger partial charge in [-0.3, -0.25) is 4.79 Å². The predicted molar refractivity (Wildman–Crippen MR) is 79.3 cm³/mol. The van der Waals surface area contributed by atoms with Crippen LogP contribution in [0.5, 0.6) is 0 Å². The van der Waals surface area contributed by atoms with Gasteiger partial charge in [0.2, 0.25) is 0 Å².